The van der Waals surface area contributed by atoms with Crippen LogP contribution < -0.4 is 0 Å². The Morgan fingerprint density at radius 2 is 1.00 bits per heavy atom. The molecule has 0 aromatic heterocycles. The summed E-state index contributed by atoms with van der Waals surface area (Å²) < 4.78 is 0. The van der Waals surface area contributed by atoms with Gasteiger partial charge in [0.05, 0.1) is 0 Å². The molecule has 0 bridgehead atoms. The van der Waals surface area contributed by atoms with E-state index in [1.807, 2.05) is 0 Å². The number of hydrogen-bond donors (Lipinski definition) is 0. The molecule has 0 unspecified atom stereocenters. The first-order valence-electron chi connectivity index (χ1n) is 0. The first kappa shape index (κ1) is 36.3. The molecule has 0 fully saturated rings. The van der Waals surface area contributed by atoms with Gasteiger partial charge in [-0.3, -0.25) is 0 Å². The summed E-state index contributed by atoms with van der Waals surface area (Å²) in [6, 6.07) is 0. The number of hydrogen-bond acceptors (Lipinski definition) is 0. The molecule has 0 rings (SSSR count). The summed E-state index contributed by atoms with van der Waals surface area (Å²) in [5.74, 6) is 0. The summed E-state index contributed by atoms with van der Waals surface area (Å²) in [6.07, 6.45) is 0. The van der Waals surface area contributed by atoms with E-state index in [-0.39, 0.29) is 71.0 Å². The minimum absolute atomic E-state index is 0. The predicted molar refractivity (Wildman–Crippen MR) is 17.9 cm³/mol. The van der Waals surface area contributed by atoms with Crippen molar-refractivity contribution in [1.29, 1.82) is 0 Å². The molecule has 19 valence electrons. The van der Waals surface area contributed by atoms with Crippen LogP contribution in [0.4, 0.5) is 0 Å². The Kier molecular flexibility index (Phi) is 178. The van der Waals surface area contributed by atoms with Crippen LogP contribution in [0.3, 0.4) is 0 Å². The van der Waals surface area contributed by atoms with Crippen LogP contribution in [0.15, 0.2) is 0 Å². The van der Waals surface area contributed by atoms with Gasteiger partial charge in [-0.2, -0.15) is 0 Å². The molecule has 0 aliphatic rings. The van der Waals surface area contributed by atoms with Crippen LogP contribution in [0.5, 0.6) is 0 Å². The van der Waals surface area contributed by atoms with Crippen LogP contribution in [0.1, 0.15) is 0 Å². The van der Waals surface area contributed by atoms with Crippen LogP contribution in [-0.4, -0.2) is 53.9 Å². The first-order valence-corrected chi connectivity index (χ1v) is 0. The summed E-state index contributed by atoms with van der Waals surface area (Å²) in [4.78, 5) is 0. The first-order chi connectivity index (χ1) is 0. The summed E-state index contributed by atoms with van der Waals surface area (Å²) in [5, 5.41) is 0. The van der Waals surface area contributed by atoms with E-state index < -0.39 is 0 Å². The van der Waals surface area contributed by atoms with Crippen LogP contribution in [0, 0.1) is 0 Å². The molecular formula is H4LiMnNaO. The Balaban J connectivity index is 0. The predicted octanol–water partition coefficient (Wildman–Crippen LogP) is -2.12. The van der Waals surface area contributed by atoms with E-state index in [1.54, 1.807) is 0 Å². The van der Waals surface area contributed by atoms with Gasteiger partial charge in [0.2, 0.25) is 0 Å². The van der Waals surface area contributed by atoms with Gasteiger partial charge in [-0.1, -0.05) is 0 Å². The molecule has 0 aliphatic carbocycles. The third-order valence-electron chi connectivity index (χ3n) is 0. The molecule has 4 heavy (non-hydrogen) atoms. The van der Waals surface area contributed by atoms with Crippen LogP contribution in [0.25, 0.3) is 0 Å². The van der Waals surface area contributed by atoms with E-state index in [4.69, 9.17) is 0 Å². The summed E-state index contributed by atoms with van der Waals surface area (Å²) in [6.45, 7) is 0. The van der Waals surface area contributed by atoms with Gasteiger partial charge in [0.15, 0.2) is 0 Å². The topological polar surface area (TPSA) is 31.5 Å². The molecule has 0 aromatic rings. The van der Waals surface area contributed by atoms with Gasteiger partial charge < -0.3 is 5.48 Å². The normalized spacial score (nSPS) is 0. The van der Waals surface area contributed by atoms with Gasteiger partial charge in [0.1, 0.15) is 0 Å². The fraction of sp³-hybridized carbons (Fsp3) is 0. The molecule has 0 spiro atoms. The van der Waals surface area contributed by atoms with Crippen molar-refractivity contribution in [3.05, 3.63) is 0 Å². The molecule has 0 saturated carbocycles. The van der Waals surface area contributed by atoms with Gasteiger partial charge in [-0.15, -0.1) is 0 Å². The quantitative estimate of drug-likeness (QED) is 0.315. The van der Waals surface area contributed by atoms with Gasteiger partial charge in [0.25, 0.3) is 0 Å². The van der Waals surface area contributed by atoms with Gasteiger partial charge in [-0.05, 0) is 0 Å². The molecule has 0 aliphatic heterocycles. The molecule has 0 heterocycles. The van der Waals surface area contributed by atoms with E-state index in [2.05, 4.69) is 0 Å². The molecule has 4 heteroatoms. The van der Waals surface area contributed by atoms with Gasteiger partial charge >= 0.3 is 48.4 Å². The third kappa shape index (κ3) is 8.95. The molecular weight excluding hydrogens is 101 g/mol. The Morgan fingerprint density at radius 3 is 1.00 bits per heavy atom. The van der Waals surface area contributed by atoms with Crippen molar-refractivity contribution < 1.29 is 22.5 Å². The zero-order valence-electron chi connectivity index (χ0n) is 0.878. The second kappa shape index (κ2) is 19.6. The second-order valence-corrected chi connectivity index (χ2v) is 0. The molecule has 0 saturated heterocycles. The average molecular weight is 105 g/mol. The van der Waals surface area contributed by atoms with Crippen molar-refractivity contribution in [1.82, 2.24) is 0 Å². The molecule has 0 amide bonds. The molecule has 0 aromatic carbocycles. The molecule has 1 nitrogen and oxygen atoms in total. The van der Waals surface area contributed by atoms with E-state index in [9.17, 15) is 0 Å². The number of rotatable bonds is 0. The van der Waals surface area contributed by atoms with E-state index >= 15 is 0 Å². The van der Waals surface area contributed by atoms with Crippen molar-refractivity contribution in [2.45, 2.75) is 0 Å². The zero-order valence-corrected chi connectivity index (χ0v) is 2.06. The second-order valence-electron chi connectivity index (χ2n) is 0. The summed E-state index contributed by atoms with van der Waals surface area (Å²) >= 11 is 0. The van der Waals surface area contributed by atoms with Crippen molar-refractivity contribution in [3.63, 3.8) is 0 Å². The fourth-order valence-electron chi connectivity index (χ4n) is 0. The fourth-order valence-corrected chi connectivity index (χ4v) is 0. The van der Waals surface area contributed by atoms with Gasteiger partial charge in [0, 0.05) is 17.1 Å². The summed E-state index contributed by atoms with van der Waals surface area (Å²) in [5.41, 5.74) is 0. The average Bonchev–Trinajstić information content (AvgIpc) is 0. The van der Waals surface area contributed by atoms with E-state index in [0.29, 0.717) is 0 Å². The van der Waals surface area contributed by atoms with Crippen LogP contribution in [0.2, 0.25) is 0 Å². The molecule has 2 N–H and O–H groups in total. The van der Waals surface area contributed by atoms with Crippen LogP contribution >= 0.6 is 0 Å². The summed E-state index contributed by atoms with van der Waals surface area (Å²) in [7, 11) is 0. The minimum atomic E-state index is 0. The zero-order chi connectivity index (χ0) is 0. The Labute approximate surface area is 70.2 Å². The van der Waals surface area contributed by atoms with Crippen molar-refractivity contribution in [2.24, 2.45) is 0 Å². The van der Waals surface area contributed by atoms with Gasteiger partial charge in [-0.25, -0.2) is 0 Å². The molecule has 1 radical (unpaired) electrons. The molecule has 0 atom stereocenters. The monoisotopic (exact) mass is 105 g/mol. The van der Waals surface area contributed by atoms with E-state index in [0.717, 1.165) is 0 Å². The maximum atomic E-state index is 0. The Bertz CT molecular complexity index is 8.00. The van der Waals surface area contributed by atoms with Crippen molar-refractivity contribution in [2.75, 3.05) is 0 Å². The maximum absolute atomic E-state index is 0. The van der Waals surface area contributed by atoms with Crippen LogP contribution in [-0.2, 0) is 17.1 Å². The third-order valence-corrected chi connectivity index (χ3v) is 0. The standard InChI is InChI=1S/Li.Mn.Na.H2O.2H/h;;;1H2;;. The Hall–Kier alpha value is 2.08. The van der Waals surface area contributed by atoms with Crippen molar-refractivity contribution in [3.8, 4) is 0 Å². The van der Waals surface area contributed by atoms with E-state index in [1.165, 1.54) is 0 Å². The van der Waals surface area contributed by atoms with Crippen molar-refractivity contribution >= 4 is 48.4 Å². The Morgan fingerprint density at radius 1 is 1.00 bits per heavy atom. The SMILES string of the molecule is O.[LiH].[Mn].[NaH].